The van der Waals surface area contributed by atoms with E-state index in [0.29, 0.717) is 13.2 Å². The van der Waals surface area contributed by atoms with Gasteiger partial charge in [0.2, 0.25) is 0 Å². The monoisotopic (exact) mass is 360 g/mol. The summed E-state index contributed by atoms with van der Waals surface area (Å²) >= 11 is 0. The minimum absolute atomic E-state index is 0.625. The first kappa shape index (κ1) is 20.6. The van der Waals surface area contributed by atoms with Crippen LogP contribution in [0, 0.1) is 5.92 Å². The van der Waals surface area contributed by atoms with Crippen molar-refractivity contribution >= 4 is 5.96 Å². The fourth-order valence-electron chi connectivity index (χ4n) is 3.41. The lowest BCUT2D eigenvalue weighted by atomic mass is 9.97. The molecule has 0 amide bonds. The van der Waals surface area contributed by atoms with Crippen LogP contribution in [0.25, 0.3) is 0 Å². The molecule has 2 N–H and O–H groups in total. The number of guanidine groups is 1. The van der Waals surface area contributed by atoms with Crippen LogP contribution >= 0.6 is 0 Å². The van der Waals surface area contributed by atoms with Gasteiger partial charge in [0.05, 0.1) is 13.2 Å². The highest BCUT2D eigenvalue weighted by molar-refractivity contribution is 5.79. The zero-order chi connectivity index (χ0) is 18.6. The zero-order valence-corrected chi connectivity index (χ0v) is 16.8. The molecule has 1 aromatic rings. The molecule has 5 heteroatoms. The van der Waals surface area contributed by atoms with Gasteiger partial charge in [0.25, 0.3) is 0 Å². The Morgan fingerprint density at radius 1 is 1.15 bits per heavy atom. The van der Waals surface area contributed by atoms with Gasteiger partial charge in [-0.2, -0.15) is 0 Å². The van der Waals surface area contributed by atoms with Gasteiger partial charge in [-0.05, 0) is 64.7 Å². The minimum Gasteiger partial charge on any atom is -0.494 e. The number of rotatable bonds is 9. The molecule has 1 aliphatic rings. The molecule has 1 fully saturated rings. The Kier molecular flexibility index (Phi) is 9.32. The van der Waals surface area contributed by atoms with Gasteiger partial charge in [-0.3, -0.25) is 0 Å². The zero-order valence-electron chi connectivity index (χ0n) is 16.8. The summed E-state index contributed by atoms with van der Waals surface area (Å²) in [6, 6.07) is 8.14. The number of hydrogen-bond donors (Lipinski definition) is 2. The second kappa shape index (κ2) is 11.8. The highest BCUT2D eigenvalue weighted by Gasteiger charge is 2.18. The Labute approximate surface area is 159 Å². The van der Waals surface area contributed by atoms with Gasteiger partial charge < -0.3 is 20.3 Å². The number of para-hydroxylation sites is 1. The van der Waals surface area contributed by atoms with Gasteiger partial charge >= 0.3 is 0 Å². The summed E-state index contributed by atoms with van der Waals surface area (Å²) in [4.78, 5) is 7.34. The van der Waals surface area contributed by atoms with E-state index in [-0.39, 0.29) is 0 Å². The first-order valence-electron chi connectivity index (χ1n) is 10.2. The summed E-state index contributed by atoms with van der Waals surface area (Å²) < 4.78 is 5.70. The maximum absolute atomic E-state index is 5.70. The Morgan fingerprint density at radius 2 is 1.92 bits per heavy atom. The second-order valence-corrected chi connectivity index (χ2v) is 6.90. The van der Waals surface area contributed by atoms with E-state index in [1.165, 1.54) is 38.9 Å². The molecule has 26 heavy (non-hydrogen) atoms. The number of ether oxygens (including phenoxy) is 1. The topological polar surface area (TPSA) is 48.9 Å². The fourth-order valence-corrected chi connectivity index (χ4v) is 3.41. The van der Waals surface area contributed by atoms with E-state index in [1.54, 1.807) is 0 Å². The van der Waals surface area contributed by atoms with Crippen LogP contribution in [0.3, 0.4) is 0 Å². The van der Waals surface area contributed by atoms with Gasteiger partial charge in [-0.15, -0.1) is 0 Å². The van der Waals surface area contributed by atoms with Crippen molar-refractivity contribution in [3.8, 4) is 5.75 Å². The number of aliphatic imine (C=N–C) groups is 1. The molecule has 0 aliphatic carbocycles. The molecule has 2 rings (SSSR count). The van der Waals surface area contributed by atoms with Crippen molar-refractivity contribution in [2.45, 2.75) is 46.6 Å². The summed E-state index contributed by atoms with van der Waals surface area (Å²) in [6.07, 6.45) is 3.81. The molecule has 1 heterocycles. The van der Waals surface area contributed by atoms with Gasteiger partial charge in [-0.1, -0.05) is 25.1 Å². The number of benzene rings is 1. The molecule has 1 aromatic carbocycles. The van der Waals surface area contributed by atoms with Crippen molar-refractivity contribution in [1.29, 1.82) is 0 Å². The molecule has 5 nitrogen and oxygen atoms in total. The Morgan fingerprint density at radius 3 is 2.62 bits per heavy atom. The summed E-state index contributed by atoms with van der Waals surface area (Å²) in [5, 5.41) is 6.90. The quantitative estimate of drug-likeness (QED) is 0.524. The Hall–Kier alpha value is -1.75. The van der Waals surface area contributed by atoms with Crippen LogP contribution in [0.2, 0.25) is 0 Å². The molecule has 146 valence electrons. The third-order valence-corrected chi connectivity index (χ3v) is 4.83. The van der Waals surface area contributed by atoms with E-state index in [0.717, 1.165) is 36.3 Å². The van der Waals surface area contributed by atoms with Crippen molar-refractivity contribution < 1.29 is 4.74 Å². The third kappa shape index (κ3) is 6.87. The SMILES string of the molecule is CCCN1CCC(CNC(=NCc2ccccc2OCC)NCC)CC1. The number of likely N-dealkylation sites (tertiary alicyclic amines) is 1. The lowest BCUT2D eigenvalue weighted by Crippen LogP contribution is -2.43. The Bertz CT molecular complexity index is 539. The molecule has 0 radical (unpaired) electrons. The molecular formula is C21H36N4O. The van der Waals surface area contributed by atoms with E-state index < -0.39 is 0 Å². The summed E-state index contributed by atoms with van der Waals surface area (Å²) in [5.74, 6) is 2.57. The predicted molar refractivity (Wildman–Crippen MR) is 110 cm³/mol. The van der Waals surface area contributed by atoms with Gasteiger partial charge in [-0.25, -0.2) is 4.99 Å². The maximum atomic E-state index is 5.70. The highest BCUT2D eigenvalue weighted by atomic mass is 16.5. The van der Waals surface area contributed by atoms with Crippen LogP contribution in [0.15, 0.2) is 29.3 Å². The standard InChI is InChI=1S/C21H36N4O/c1-4-13-25-14-11-18(12-15-25)16-23-21(22-5-2)24-17-19-9-7-8-10-20(19)26-6-3/h7-10,18H,4-6,11-17H2,1-3H3,(H2,22,23,24). The fraction of sp³-hybridized carbons (Fsp3) is 0.667. The van der Waals surface area contributed by atoms with Crippen LogP contribution in [0.5, 0.6) is 5.75 Å². The second-order valence-electron chi connectivity index (χ2n) is 6.90. The number of nitrogens with one attached hydrogen (secondary N) is 2. The summed E-state index contributed by atoms with van der Waals surface area (Å²) in [7, 11) is 0. The molecular weight excluding hydrogens is 324 g/mol. The molecule has 0 saturated carbocycles. The molecule has 1 aliphatic heterocycles. The summed E-state index contributed by atoms with van der Waals surface area (Å²) in [5.41, 5.74) is 1.12. The van der Waals surface area contributed by atoms with Gasteiger partial charge in [0.15, 0.2) is 5.96 Å². The van der Waals surface area contributed by atoms with E-state index in [2.05, 4.69) is 35.4 Å². The van der Waals surface area contributed by atoms with E-state index >= 15 is 0 Å². The van der Waals surface area contributed by atoms with E-state index in [9.17, 15) is 0 Å². The van der Waals surface area contributed by atoms with Crippen molar-refractivity contribution in [3.05, 3.63) is 29.8 Å². The average molecular weight is 361 g/mol. The molecule has 0 bridgehead atoms. The van der Waals surface area contributed by atoms with Crippen molar-refractivity contribution in [1.82, 2.24) is 15.5 Å². The van der Waals surface area contributed by atoms with E-state index in [4.69, 9.17) is 9.73 Å². The molecule has 1 saturated heterocycles. The van der Waals surface area contributed by atoms with Crippen molar-refractivity contribution in [3.63, 3.8) is 0 Å². The highest BCUT2D eigenvalue weighted by Crippen LogP contribution is 2.19. The van der Waals surface area contributed by atoms with Crippen LogP contribution in [0.4, 0.5) is 0 Å². The van der Waals surface area contributed by atoms with Crippen LogP contribution in [0.1, 0.15) is 45.6 Å². The predicted octanol–water partition coefficient (Wildman–Crippen LogP) is 3.26. The summed E-state index contributed by atoms with van der Waals surface area (Å²) in [6.45, 7) is 13.3. The minimum atomic E-state index is 0.625. The normalized spacial score (nSPS) is 16.5. The number of piperidine rings is 1. The van der Waals surface area contributed by atoms with E-state index in [1.807, 2.05) is 25.1 Å². The maximum Gasteiger partial charge on any atom is 0.191 e. The third-order valence-electron chi connectivity index (χ3n) is 4.83. The molecule has 0 aromatic heterocycles. The molecule has 0 unspecified atom stereocenters. The van der Waals surface area contributed by atoms with Gasteiger partial charge in [0.1, 0.15) is 5.75 Å². The first-order chi connectivity index (χ1) is 12.8. The van der Waals surface area contributed by atoms with Crippen LogP contribution in [-0.4, -0.2) is 50.2 Å². The number of nitrogens with zero attached hydrogens (tertiary/aromatic N) is 2. The van der Waals surface area contributed by atoms with Crippen molar-refractivity contribution in [2.75, 3.05) is 39.3 Å². The number of hydrogen-bond acceptors (Lipinski definition) is 3. The lowest BCUT2D eigenvalue weighted by Gasteiger charge is -2.32. The van der Waals surface area contributed by atoms with Gasteiger partial charge in [0, 0.05) is 18.7 Å². The lowest BCUT2D eigenvalue weighted by molar-refractivity contribution is 0.185. The average Bonchev–Trinajstić information content (AvgIpc) is 2.67. The first-order valence-corrected chi connectivity index (χ1v) is 10.2. The van der Waals surface area contributed by atoms with Crippen molar-refractivity contribution in [2.24, 2.45) is 10.9 Å². The largest absolute Gasteiger partial charge is 0.494 e. The Balaban J connectivity index is 1.85. The van der Waals surface area contributed by atoms with Crippen LogP contribution in [-0.2, 0) is 6.54 Å². The smallest absolute Gasteiger partial charge is 0.191 e. The van der Waals surface area contributed by atoms with Crippen LogP contribution < -0.4 is 15.4 Å². The molecule has 0 spiro atoms. The molecule has 0 atom stereocenters.